The molecule has 0 aliphatic carbocycles. The van der Waals surface area contributed by atoms with Crippen LogP contribution in [-0.2, 0) is 13.9 Å². The van der Waals surface area contributed by atoms with Gasteiger partial charge in [-0.15, -0.1) is 0 Å². The van der Waals surface area contributed by atoms with Crippen LogP contribution in [0.2, 0.25) is 18.1 Å². The molecule has 0 bridgehead atoms. The number of hydrogen-bond acceptors (Lipinski definition) is 3. The Morgan fingerprint density at radius 3 is 2.21 bits per heavy atom. The standard InChI is InChI=1S/C13H24F2O3Si/c1-13(2,3)19(4,5)18-9-7-17-10-8(12(14)15)6-16-11(9)10/h8-12H,6-7H2,1-5H3/t8-,9-,10-,11-/m1/s1. The third kappa shape index (κ3) is 2.86. The molecule has 2 fully saturated rings. The summed E-state index contributed by atoms with van der Waals surface area (Å²) in [5, 5.41) is 0.0891. The van der Waals surface area contributed by atoms with Crippen LogP contribution in [0.4, 0.5) is 8.78 Å². The second-order valence-electron chi connectivity index (χ2n) is 7.01. The summed E-state index contributed by atoms with van der Waals surface area (Å²) >= 11 is 0. The first kappa shape index (κ1) is 15.3. The van der Waals surface area contributed by atoms with Gasteiger partial charge in [-0.3, -0.25) is 0 Å². The number of fused-ring (bicyclic) bond motifs is 1. The molecule has 0 spiro atoms. The van der Waals surface area contributed by atoms with Gasteiger partial charge in [-0.1, -0.05) is 20.8 Å². The lowest BCUT2D eigenvalue weighted by atomic mass is 10.0. The van der Waals surface area contributed by atoms with E-state index in [0.29, 0.717) is 6.61 Å². The van der Waals surface area contributed by atoms with Crippen LogP contribution in [0.25, 0.3) is 0 Å². The Kier molecular flexibility index (Phi) is 4.08. The van der Waals surface area contributed by atoms with E-state index in [-0.39, 0.29) is 23.9 Å². The number of hydrogen-bond donors (Lipinski definition) is 0. The maximum Gasteiger partial charge on any atom is 0.246 e. The van der Waals surface area contributed by atoms with Gasteiger partial charge in [-0.25, -0.2) is 8.78 Å². The fourth-order valence-corrected chi connectivity index (χ4v) is 3.68. The Hall–Kier alpha value is -0.0431. The third-order valence-corrected chi connectivity index (χ3v) is 9.13. The predicted octanol–water partition coefficient (Wildman–Crippen LogP) is 3.06. The minimum absolute atomic E-state index is 0.0738. The number of halogens is 2. The van der Waals surface area contributed by atoms with Crippen molar-refractivity contribution in [2.24, 2.45) is 5.92 Å². The van der Waals surface area contributed by atoms with Gasteiger partial charge in [-0.2, -0.15) is 0 Å². The monoisotopic (exact) mass is 294 g/mol. The van der Waals surface area contributed by atoms with Crippen LogP contribution in [0.15, 0.2) is 0 Å². The first-order chi connectivity index (χ1) is 8.63. The van der Waals surface area contributed by atoms with E-state index in [0.717, 1.165) is 0 Å². The van der Waals surface area contributed by atoms with Gasteiger partial charge in [0.2, 0.25) is 6.43 Å². The van der Waals surface area contributed by atoms with Crippen LogP contribution >= 0.6 is 0 Å². The lowest BCUT2D eigenvalue weighted by Gasteiger charge is -2.39. The molecular formula is C13H24F2O3Si. The van der Waals surface area contributed by atoms with E-state index in [1.807, 2.05) is 0 Å². The topological polar surface area (TPSA) is 27.7 Å². The highest BCUT2D eigenvalue weighted by atomic mass is 28.4. The van der Waals surface area contributed by atoms with Gasteiger partial charge >= 0.3 is 0 Å². The van der Waals surface area contributed by atoms with Crippen molar-refractivity contribution < 1.29 is 22.7 Å². The first-order valence-electron chi connectivity index (χ1n) is 6.82. The van der Waals surface area contributed by atoms with Gasteiger partial charge in [0, 0.05) is 0 Å². The van der Waals surface area contributed by atoms with E-state index < -0.39 is 26.8 Å². The Labute approximate surface area is 114 Å². The molecule has 0 saturated carbocycles. The zero-order valence-corrected chi connectivity index (χ0v) is 13.3. The number of ether oxygens (including phenoxy) is 2. The second kappa shape index (κ2) is 5.06. The van der Waals surface area contributed by atoms with E-state index in [1.54, 1.807) is 0 Å². The zero-order chi connectivity index (χ0) is 14.4. The van der Waals surface area contributed by atoms with Gasteiger partial charge < -0.3 is 13.9 Å². The van der Waals surface area contributed by atoms with Crippen molar-refractivity contribution in [3.05, 3.63) is 0 Å². The minimum Gasteiger partial charge on any atom is -0.409 e. The first-order valence-corrected chi connectivity index (χ1v) is 9.73. The van der Waals surface area contributed by atoms with Gasteiger partial charge in [0.1, 0.15) is 6.10 Å². The molecule has 0 amide bonds. The molecule has 0 radical (unpaired) electrons. The van der Waals surface area contributed by atoms with E-state index in [1.165, 1.54) is 0 Å². The summed E-state index contributed by atoms with van der Waals surface area (Å²) in [4.78, 5) is 0. The normalized spacial score (nSPS) is 36.0. The smallest absolute Gasteiger partial charge is 0.246 e. The lowest BCUT2D eigenvalue weighted by molar-refractivity contribution is -0.0122. The molecule has 19 heavy (non-hydrogen) atoms. The molecule has 0 aromatic heterocycles. The molecule has 112 valence electrons. The van der Waals surface area contributed by atoms with Crippen molar-refractivity contribution in [3.8, 4) is 0 Å². The molecule has 6 heteroatoms. The highest BCUT2D eigenvalue weighted by Crippen LogP contribution is 2.41. The van der Waals surface area contributed by atoms with E-state index in [4.69, 9.17) is 13.9 Å². The maximum absolute atomic E-state index is 12.8. The molecule has 0 unspecified atom stereocenters. The Morgan fingerprint density at radius 2 is 1.68 bits per heavy atom. The largest absolute Gasteiger partial charge is 0.409 e. The van der Waals surface area contributed by atoms with Crippen LogP contribution in [0.3, 0.4) is 0 Å². The minimum atomic E-state index is -2.39. The van der Waals surface area contributed by atoms with Crippen molar-refractivity contribution >= 4 is 8.32 Å². The molecule has 4 atom stereocenters. The van der Waals surface area contributed by atoms with Gasteiger partial charge in [0.15, 0.2) is 8.32 Å². The van der Waals surface area contributed by atoms with Crippen molar-refractivity contribution in [2.45, 2.75) is 63.6 Å². The molecule has 2 saturated heterocycles. The van der Waals surface area contributed by atoms with E-state index in [9.17, 15) is 8.78 Å². The Balaban J connectivity index is 2.02. The SMILES string of the molecule is CC(C)(C)[Si](C)(C)O[C@@H]1CO[C@H]2[C@@H]1OC[C@H]2C(F)F. The summed E-state index contributed by atoms with van der Waals surface area (Å²) < 4.78 is 43.0. The van der Waals surface area contributed by atoms with E-state index >= 15 is 0 Å². The molecule has 0 N–H and O–H groups in total. The summed E-state index contributed by atoms with van der Waals surface area (Å²) in [7, 11) is -1.93. The molecular weight excluding hydrogens is 270 g/mol. The van der Waals surface area contributed by atoms with Gasteiger partial charge in [0.05, 0.1) is 31.3 Å². The molecule has 2 heterocycles. The van der Waals surface area contributed by atoms with Crippen molar-refractivity contribution in [2.75, 3.05) is 13.2 Å². The highest BCUT2D eigenvalue weighted by Gasteiger charge is 2.53. The van der Waals surface area contributed by atoms with Crippen molar-refractivity contribution in [1.29, 1.82) is 0 Å². The highest BCUT2D eigenvalue weighted by molar-refractivity contribution is 6.74. The fourth-order valence-electron chi connectivity index (χ4n) is 2.37. The zero-order valence-electron chi connectivity index (χ0n) is 12.3. The average molecular weight is 294 g/mol. The Bertz CT molecular complexity index is 330. The van der Waals surface area contributed by atoms with Crippen molar-refractivity contribution in [1.82, 2.24) is 0 Å². The van der Waals surface area contributed by atoms with Crippen LogP contribution in [0, 0.1) is 5.92 Å². The third-order valence-electron chi connectivity index (χ3n) is 4.62. The lowest BCUT2D eigenvalue weighted by Crippen LogP contribution is -2.47. The number of alkyl halides is 2. The second-order valence-corrected chi connectivity index (χ2v) is 11.8. The molecule has 3 nitrogen and oxygen atoms in total. The molecule has 2 aliphatic rings. The molecule has 0 aromatic carbocycles. The van der Waals surface area contributed by atoms with Crippen LogP contribution in [0.1, 0.15) is 20.8 Å². The van der Waals surface area contributed by atoms with Crippen LogP contribution in [0.5, 0.6) is 0 Å². The van der Waals surface area contributed by atoms with Crippen molar-refractivity contribution in [3.63, 3.8) is 0 Å². The summed E-state index contributed by atoms with van der Waals surface area (Å²) in [6, 6.07) is 0. The molecule has 2 aliphatic heterocycles. The quantitative estimate of drug-likeness (QED) is 0.749. The van der Waals surface area contributed by atoms with Crippen LogP contribution < -0.4 is 0 Å². The summed E-state index contributed by atoms with van der Waals surface area (Å²) in [5.74, 6) is -0.807. The van der Waals surface area contributed by atoms with E-state index in [2.05, 4.69) is 33.9 Å². The summed E-state index contributed by atoms with van der Waals surface area (Å²) in [6.45, 7) is 11.2. The Morgan fingerprint density at radius 1 is 1.11 bits per heavy atom. The van der Waals surface area contributed by atoms with Crippen LogP contribution in [-0.4, -0.2) is 46.3 Å². The fraction of sp³-hybridized carbons (Fsp3) is 1.00. The predicted molar refractivity (Wildman–Crippen MR) is 71.0 cm³/mol. The van der Waals surface area contributed by atoms with Gasteiger partial charge in [0.25, 0.3) is 0 Å². The molecule has 0 aromatic rings. The average Bonchev–Trinajstić information content (AvgIpc) is 2.78. The number of rotatable bonds is 3. The molecule has 2 rings (SSSR count). The summed E-state index contributed by atoms with van der Waals surface area (Å²) in [5.41, 5.74) is 0. The summed E-state index contributed by atoms with van der Waals surface area (Å²) in [6.07, 6.45) is -3.42. The van der Waals surface area contributed by atoms with Gasteiger partial charge in [-0.05, 0) is 18.1 Å². The maximum atomic E-state index is 12.8.